The fraction of sp³-hybridized carbons (Fsp3) is 0.281. The minimum Gasteiger partial charge on any atom is -0.438 e. The summed E-state index contributed by atoms with van der Waals surface area (Å²) < 4.78 is 40.0. The average Bonchev–Trinajstić information content (AvgIpc) is 3.53. The number of amides is 1. The van der Waals surface area contributed by atoms with Crippen molar-refractivity contribution in [2.24, 2.45) is 0 Å². The fourth-order valence-corrected chi connectivity index (χ4v) is 4.87. The second-order valence-electron chi connectivity index (χ2n) is 10.2. The van der Waals surface area contributed by atoms with Crippen molar-refractivity contribution in [3.05, 3.63) is 84.2 Å². The van der Waals surface area contributed by atoms with Gasteiger partial charge in [0.2, 0.25) is 5.82 Å². The molecular weight excluding hydrogens is 587 g/mol. The largest absolute Gasteiger partial charge is 0.520 e. The van der Waals surface area contributed by atoms with Crippen molar-refractivity contribution in [1.82, 2.24) is 20.4 Å². The number of aromatic nitrogens is 2. The lowest BCUT2D eigenvalue weighted by atomic mass is 10.0. The zero-order chi connectivity index (χ0) is 31.8. The SMILES string of the molecule is CCNC(=O)OC(=O)OC1(OC(=O)OC)CCN(Cc2ccc(-c3noc(-c4ccc(-c5ccccc5)c(F)c4)n3)cc2)CC1. The van der Waals surface area contributed by atoms with Crippen LogP contribution in [0.5, 0.6) is 0 Å². The molecule has 4 aromatic rings. The number of methoxy groups -OCH3 is 1. The molecule has 2 heterocycles. The fourth-order valence-electron chi connectivity index (χ4n) is 4.87. The molecule has 1 aromatic heterocycles. The maximum absolute atomic E-state index is 14.9. The Labute approximate surface area is 258 Å². The minimum atomic E-state index is -1.64. The highest BCUT2D eigenvalue weighted by Gasteiger charge is 2.43. The predicted octanol–water partition coefficient (Wildman–Crippen LogP) is 6.17. The third-order valence-corrected chi connectivity index (χ3v) is 7.17. The van der Waals surface area contributed by atoms with Gasteiger partial charge in [-0.1, -0.05) is 65.8 Å². The van der Waals surface area contributed by atoms with Gasteiger partial charge in [-0.05, 0) is 30.2 Å². The first-order valence-corrected chi connectivity index (χ1v) is 14.2. The third-order valence-electron chi connectivity index (χ3n) is 7.17. The Kier molecular flexibility index (Phi) is 9.68. The highest BCUT2D eigenvalue weighted by molar-refractivity contribution is 5.80. The van der Waals surface area contributed by atoms with Gasteiger partial charge in [-0.25, -0.2) is 18.8 Å². The Morgan fingerprint density at radius 3 is 2.29 bits per heavy atom. The molecule has 1 fully saturated rings. The van der Waals surface area contributed by atoms with Gasteiger partial charge in [-0.3, -0.25) is 4.90 Å². The molecule has 45 heavy (non-hydrogen) atoms. The summed E-state index contributed by atoms with van der Waals surface area (Å²) in [6, 6.07) is 21.6. The van der Waals surface area contributed by atoms with Crippen molar-refractivity contribution in [1.29, 1.82) is 0 Å². The number of nitrogens with zero attached hydrogens (tertiary/aromatic N) is 3. The van der Waals surface area contributed by atoms with Crippen LogP contribution in [0.1, 0.15) is 25.3 Å². The molecule has 1 amide bonds. The van der Waals surface area contributed by atoms with Crippen molar-refractivity contribution in [3.63, 3.8) is 0 Å². The Hall–Kier alpha value is -5.30. The van der Waals surface area contributed by atoms with E-state index in [0.717, 1.165) is 23.8 Å². The van der Waals surface area contributed by atoms with Gasteiger partial charge in [0.1, 0.15) is 5.82 Å². The molecule has 0 atom stereocenters. The number of carbonyl (C=O) groups is 3. The summed E-state index contributed by atoms with van der Waals surface area (Å²) in [6.07, 6.45) is -3.02. The minimum absolute atomic E-state index is 0.128. The van der Waals surface area contributed by atoms with Crippen LogP contribution in [-0.4, -0.2) is 66.0 Å². The topological polar surface area (TPSA) is 142 Å². The van der Waals surface area contributed by atoms with Crippen LogP contribution in [0, 0.1) is 5.82 Å². The first-order valence-electron chi connectivity index (χ1n) is 14.2. The molecule has 234 valence electrons. The number of alkyl carbamates (subject to hydrolysis) is 1. The summed E-state index contributed by atoms with van der Waals surface area (Å²) in [7, 11) is 1.14. The number of ether oxygens (including phenoxy) is 4. The van der Waals surface area contributed by atoms with Gasteiger partial charge in [0.05, 0.1) is 7.11 Å². The van der Waals surface area contributed by atoms with Gasteiger partial charge in [0.15, 0.2) is 0 Å². The zero-order valence-electron chi connectivity index (χ0n) is 24.7. The summed E-state index contributed by atoms with van der Waals surface area (Å²) >= 11 is 0. The lowest BCUT2D eigenvalue weighted by Gasteiger charge is -2.39. The number of likely N-dealkylation sites (tertiary alicyclic amines) is 1. The summed E-state index contributed by atoms with van der Waals surface area (Å²) in [5.41, 5.74) is 3.44. The highest BCUT2D eigenvalue weighted by atomic mass is 19.1. The van der Waals surface area contributed by atoms with Crippen LogP contribution in [0.25, 0.3) is 34.0 Å². The van der Waals surface area contributed by atoms with Gasteiger partial charge in [-0.15, -0.1) is 0 Å². The van der Waals surface area contributed by atoms with Crippen molar-refractivity contribution >= 4 is 18.4 Å². The molecule has 0 aliphatic carbocycles. The maximum atomic E-state index is 14.9. The summed E-state index contributed by atoms with van der Waals surface area (Å²) in [4.78, 5) is 42.2. The Balaban J connectivity index is 1.19. The number of carbonyl (C=O) groups excluding carboxylic acids is 3. The van der Waals surface area contributed by atoms with Gasteiger partial charge >= 0.3 is 18.4 Å². The van der Waals surface area contributed by atoms with Gasteiger partial charge in [-0.2, -0.15) is 4.98 Å². The molecule has 0 spiro atoms. The van der Waals surface area contributed by atoms with E-state index < -0.39 is 24.2 Å². The van der Waals surface area contributed by atoms with E-state index in [1.165, 1.54) is 6.07 Å². The van der Waals surface area contributed by atoms with E-state index in [-0.39, 0.29) is 31.1 Å². The summed E-state index contributed by atoms with van der Waals surface area (Å²) in [5.74, 6) is -1.46. The smallest absolute Gasteiger partial charge is 0.438 e. The van der Waals surface area contributed by atoms with E-state index in [1.54, 1.807) is 19.1 Å². The molecule has 0 bridgehead atoms. The van der Waals surface area contributed by atoms with E-state index in [0.29, 0.717) is 36.6 Å². The van der Waals surface area contributed by atoms with Crippen LogP contribution < -0.4 is 5.32 Å². The quantitative estimate of drug-likeness (QED) is 0.138. The van der Waals surface area contributed by atoms with Crippen LogP contribution in [0.4, 0.5) is 18.8 Å². The molecule has 0 radical (unpaired) electrons. The second kappa shape index (κ2) is 14.0. The molecule has 12 nitrogen and oxygen atoms in total. The number of hydrogen-bond donors (Lipinski definition) is 1. The highest BCUT2D eigenvalue weighted by Crippen LogP contribution is 2.31. The molecule has 3 aromatic carbocycles. The van der Waals surface area contributed by atoms with E-state index in [1.807, 2.05) is 54.6 Å². The first-order chi connectivity index (χ1) is 21.8. The van der Waals surface area contributed by atoms with E-state index in [9.17, 15) is 18.8 Å². The van der Waals surface area contributed by atoms with Crippen LogP contribution >= 0.6 is 0 Å². The van der Waals surface area contributed by atoms with Crippen molar-refractivity contribution < 1.29 is 42.2 Å². The second-order valence-corrected chi connectivity index (χ2v) is 10.2. The molecule has 0 unspecified atom stereocenters. The number of benzene rings is 3. The number of hydrogen-bond acceptors (Lipinski definition) is 11. The zero-order valence-corrected chi connectivity index (χ0v) is 24.7. The number of nitrogens with one attached hydrogen (secondary N) is 1. The van der Waals surface area contributed by atoms with E-state index in [4.69, 9.17) is 14.0 Å². The number of halogens is 1. The molecule has 5 rings (SSSR count). The van der Waals surface area contributed by atoms with E-state index >= 15 is 0 Å². The van der Waals surface area contributed by atoms with Gasteiger partial charge in [0, 0.05) is 55.7 Å². The van der Waals surface area contributed by atoms with Crippen LogP contribution in [0.3, 0.4) is 0 Å². The van der Waals surface area contributed by atoms with Gasteiger partial charge < -0.3 is 28.8 Å². The van der Waals surface area contributed by atoms with E-state index in [2.05, 4.69) is 29.8 Å². The predicted molar refractivity (Wildman–Crippen MR) is 158 cm³/mol. The van der Waals surface area contributed by atoms with Crippen LogP contribution in [-0.2, 0) is 25.5 Å². The average molecular weight is 619 g/mol. The Bertz CT molecular complexity index is 1640. The molecule has 1 N–H and O–H groups in total. The standard InChI is InChI=1S/C32H31FN4O8/c1-3-34-29(38)42-31(40)44-32(43-30(39)41-2)15-17-37(18-16-32)20-21-9-11-23(12-10-21)27-35-28(45-36-27)24-13-14-25(26(33)19-24)22-7-5-4-6-8-22/h4-14,19H,3,15-18,20H2,1-2H3,(H,34,38). The number of rotatable bonds is 8. The third kappa shape index (κ3) is 7.81. The molecule has 1 aliphatic rings. The Morgan fingerprint density at radius 2 is 1.62 bits per heavy atom. The molecule has 1 saturated heterocycles. The molecule has 1 aliphatic heterocycles. The lowest BCUT2D eigenvalue weighted by molar-refractivity contribution is -0.207. The maximum Gasteiger partial charge on any atom is 0.520 e. The van der Waals surface area contributed by atoms with Crippen molar-refractivity contribution in [3.8, 4) is 34.0 Å². The monoisotopic (exact) mass is 618 g/mol. The van der Waals surface area contributed by atoms with Crippen molar-refractivity contribution in [2.75, 3.05) is 26.7 Å². The summed E-state index contributed by atoms with van der Waals surface area (Å²) in [5, 5.41) is 6.38. The van der Waals surface area contributed by atoms with Crippen molar-refractivity contribution in [2.45, 2.75) is 32.1 Å². The van der Waals surface area contributed by atoms with Crippen LogP contribution in [0.2, 0.25) is 0 Å². The summed E-state index contributed by atoms with van der Waals surface area (Å²) in [6.45, 7) is 3.28. The lowest BCUT2D eigenvalue weighted by Crippen LogP contribution is -2.50. The van der Waals surface area contributed by atoms with Crippen LogP contribution in [0.15, 0.2) is 77.3 Å². The number of piperidine rings is 1. The Morgan fingerprint density at radius 1 is 0.933 bits per heavy atom. The molecular formula is C32H31FN4O8. The molecule has 13 heteroatoms. The first kappa shape index (κ1) is 31.1. The molecule has 0 saturated carbocycles. The van der Waals surface area contributed by atoms with Gasteiger partial charge in [0.25, 0.3) is 11.7 Å². The normalized spacial score (nSPS) is 14.3.